The van der Waals surface area contributed by atoms with Crippen LogP contribution in [-0.2, 0) is 38.7 Å². The number of hydrogen-bond acceptors (Lipinski definition) is 8. The minimum Gasteiger partial charge on any atom is -0.497 e. The van der Waals surface area contributed by atoms with Gasteiger partial charge in [-0.2, -0.15) is 0 Å². The molecule has 0 N–H and O–H groups in total. The zero-order valence-electron chi connectivity index (χ0n) is 23.8. The summed E-state index contributed by atoms with van der Waals surface area (Å²) in [6.07, 6.45) is 0.704. The van der Waals surface area contributed by atoms with Gasteiger partial charge >= 0.3 is 5.97 Å². The largest absolute Gasteiger partial charge is 0.497 e. The van der Waals surface area contributed by atoms with Crippen LogP contribution in [0.1, 0.15) is 16.7 Å². The summed E-state index contributed by atoms with van der Waals surface area (Å²) in [6.45, 7) is 5.25. The Hall–Kier alpha value is -3.79. The van der Waals surface area contributed by atoms with Crippen LogP contribution in [-0.4, -0.2) is 65.5 Å². The van der Waals surface area contributed by atoms with Crippen LogP contribution in [0, 0.1) is 0 Å². The molecule has 3 unspecified atom stereocenters. The van der Waals surface area contributed by atoms with Crippen LogP contribution in [0.3, 0.4) is 0 Å². The average molecular weight is 621 g/mol. The highest BCUT2D eigenvalue weighted by atomic mass is 35.5. The van der Waals surface area contributed by atoms with Crippen molar-refractivity contribution in [1.82, 2.24) is 4.90 Å². The predicted octanol–water partition coefficient (Wildman–Crippen LogP) is 5.42. The molecule has 10 heteroatoms. The minimum absolute atomic E-state index is 0.0140. The lowest BCUT2D eigenvalue weighted by Crippen LogP contribution is -2.66. The maximum Gasteiger partial charge on any atom is 0.333 e. The number of likely N-dealkylation sites (tertiary alicyclic amines) is 1. The van der Waals surface area contributed by atoms with Crippen molar-refractivity contribution in [2.75, 3.05) is 26.2 Å². The zero-order chi connectivity index (χ0) is 30.2. The number of esters is 1. The number of ether oxygens (including phenoxy) is 4. The summed E-state index contributed by atoms with van der Waals surface area (Å²) < 4.78 is 22.6. The summed E-state index contributed by atoms with van der Waals surface area (Å²) in [4.78, 5) is 32.2. The first kappa shape index (κ1) is 30.7. The molecule has 3 aromatic carbocycles. The number of carbonyl (C=O) groups is 2. The Kier molecular flexibility index (Phi) is 10.4. The van der Waals surface area contributed by atoms with Crippen LogP contribution in [0.15, 0.2) is 96.0 Å². The van der Waals surface area contributed by atoms with E-state index in [-0.39, 0.29) is 30.4 Å². The van der Waals surface area contributed by atoms with Crippen molar-refractivity contribution in [1.29, 1.82) is 0 Å². The SMILES string of the molecule is C=C(CCl)C(C(=O)OCc1cccc(OC)c1)N1C(=O)C2N=C(COCCc3cccc(OCc4ccccc4)c3)SC21. The molecule has 2 aliphatic rings. The summed E-state index contributed by atoms with van der Waals surface area (Å²) in [5.41, 5.74) is 3.37. The molecular formula is C33H33ClN2O6S. The first-order chi connectivity index (χ1) is 21.0. The molecule has 0 aliphatic carbocycles. The van der Waals surface area contributed by atoms with E-state index in [0.29, 0.717) is 36.0 Å². The van der Waals surface area contributed by atoms with E-state index in [9.17, 15) is 9.59 Å². The lowest BCUT2D eigenvalue weighted by atomic mass is 10.00. The van der Waals surface area contributed by atoms with Gasteiger partial charge in [0.25, 0.3) is 5.91 Å². The minimum atomic E-state index is -0.990. The Morgan fingerprint density at radius 3 is 2.47 bits per heavy atom. The van der Waals surface area contributed by atoms with E-state index < -0.39 is 18.1 Å². The molecule has 0 aromatic heterocycles. The van der Waals surface area contributed by atoms with Crippen molar-refractivity contribution in [3.8, 4) is 11.5 Å². The Morgan fingerprint density at radius 1 is 0.977 bits per heavy atom. The first-order valence-corrected chi connectivity index (χ1v) is 15.3. The van der Waals surface area contributed by atoms with Gasteiger partial charge in [0.1, 0.15) is 30.1 Å². The van der Waals surface area contributed by atoms with Crippen LogP contribution < -0.4 is 9.47 Å². The molecule has 1 saturated heterocycles. The highest BCUT2D eigenvalue weighted by Crippen LogP contribution is 2.41. The third kappa shape index (κ3) is 7.60. The number of amides is 1. The van der Waals surface area contributed by atoms with Crippen molar-refractivity contribution in [2.24, 2.45) is 4.99 Å². The number of fused-ring (bicyclic) bond motifs is 1. The van der Waals surface area contributed by atoms with Gasteiger partial charge in [-0.05, 0) is 52.9 Å². The van der Waals surface area contributed by atoms with Crippen LogP contribution in [0.2, 0.25) is 0 Å². The normalized spacial score (nSPS) is 17.9. The van der Waals surface area contributed by atoms with Gasteiger partial charge in [-0.1, -0.05) is 72.9 Å². The van der Waals surface area contributed by atoms with Crippen LogP contribution in [0.4, 0.5) is 0 Å². The number of carbonyl (C=O) groups excluding carboxylic acids is 2. The molecule has 2 heterocycles. The molecule has 0 radical (unpaired) electrons. The lowest BCUT2D eigenvalue weighted by molar-refractivity contribution is -0.161. The summed E-state index contributed by atoms with van der Waals surface area (Å²) in [7, 11) is 1.57. The second kappa shape index (κ2) is 14.6. The topological polar surface area (TPSA) is 86.7 Å². The predicted molar refractivity (Wildman–Crippen MR) is 168 cm³/mol. The zero-order valence-corrected chi connectivity index (χ0v) is 25.4. The van der Waals surface area contributed by atoms with Crippen molar-refractivity contribution >= 4 is 40.3 Å². The van der Waals surface area contributed by atoms with E-state index in [1.54, 1.807) is 13.2 Å². The van der Waals surface area contributed by atoms with Gasteiger partial charge in [-0.3, -0.25) is 9.79 Å². The summed E-state index contributed by atoms with van der Waals surface area (Å²) in [6, 6.07) is 23.7. The highest BCUT2D eigenvalue weighted by Gasteiger charge is 2.56. The second-order valence-electron chi connectivity index (χ2n) is 10.1. The molecule has 2 aliphatic heterocycles. The van der Waals surface area contributed by atoms with Crippen LogP contribution >= 0.6 is 23.4 Å². The van der Waals surface area contributed by atoms with Gasteiger partial charge in [0.15, 0.2) is 12.1 Å². The molecule has 1 amide bonds. The number of β-lactam (4-membered cyclic amide) rings is 1. The quantitative estimate of drug-likeness (QED) is 0.0737. The molecule has 224 valence electrons. The molecule has 1 fully saturated rings. The number of benzene rings is 3. The number of thioether (sulfide) groups is 1. The van der Waals surface area contributed by atoms with Crippen LogP contribution in [0.5, 0.6) is 11.5 Å². The van der Waals surface area contributed by atoms with Crippen LogP contribution in [0.25, 0.3) is 0 Å². The van der Waals surface area contributed by atoms with Gasteiger partial charge < -0.3 is 23.8 Å². The van der Waals surface area contributed by atoms with Gasteiger partial charge in [0.05, 0.1) is 25.4 Å². The van der Waals surface area contributed by atoms with Crippen molar-refractivity contribution < 1.29 is 28.5 Å². The van der Waals surface area contributed by atoms with Gasteiger partial charge in [0.2, 0.25) is 0 Å². The van der Waals surface area contributed by atoms with E-state index in [2.05, 4.69) is 11.6 Å². The van der Waals surface area contributed by atoms with E-state index in [4.69, 9.17) is 30.5 Å². The number of methoxy groups -OCH3 is 1. The second-order valence-corrected chi connectivity index (χ2v) is 11.6. The number of rotatable bonds is 15. The van der Waals surface area contributed by atoms with Gasteiger partial charge in [-0.25, -0.2) is 4.79 Å². The average Bonchev–Trinajstić information content (AvgIpc) is 3.43. The Morgan fingerprint density at radius 2 is 1.70 bits per heavy atom. The molecule has 43 heavy (non-hydrogen) atoms. The fourth-order valence-corrected chi connectivity index (χ4v) is 6.20. The Labute approximate surface area is 260 Å². The smallest absolute Gasteiger partial charge is 0.333 e. The molecule has 5 rings (SSSR count). The number of alkyl halides is 1. The number of aliphatic imine (C=N–C) groups is 1. The fraction of sp³-hybridized carbons (Fsp3) is 0.303. The highest BCUT2D eigenvalue weighted by molar-refractivity contribution is 8.15. The first-order valence-electron chi connectivity index (χ1n) is 13.9. The maximum absolute atomic E-state index is 13.2. The van der Waals surface area contributed by atoms with Crippen molar-refractivity contribution in [3.05, 3.63) is 108 Å². The van der Waals surface area contributed by atoms with E-state index in [0.717, 1.165) is 22.4 Å². The summed E-state index contributed by atoms with van der Waals surface area (Å²) in [5, 5.41) is 0.379. The molecule has 3 atom stereocenters. The van der Waals surface area contributed by atoms with E-state index in [1.807, 2.05) is 72.8 Å². The lowest BCUT2D eigenvalue weighted by Gasteiger charge is -2.45. The standard InChI is InChI=1S/C33H33ClN2O6S/c1-22(18-34)30(33(38)42-20-25-11-7-12-26(17-25)39-2)36-31(37)29-32(36)43-28(35-29)21-40-15-14-23-10-6-13-27(16-23)41-19-24-8-4-3-5-9-24/h3-13,16-17,29-30,32H,1,14-15,18-21H2,2H3. The molecule has 8 nitrogen and oxygen atoms in total. The Balaban J connectivity index is 1.10. The van der Waals surface area contributed by atoms with E-state index in [1.165, 1.54) is 16.7 Å². The third-order valence-corrected chi connectivity index (χ3v) is 8.64. The summed E-state index contributed by atoms with van der Waals surface area (Å²) in [5.74, 6) is 0.643. The number of hydrogen-bond donors (Lipinski definition) is 0. The molecule has 0 bridgehead atoms. The summed E-state index contributed by atoms with van der Waals surface area (Å²) >= 11 is 7.48. The molecule has 3 aromatic rings. The van der Waals surface area contributed by atoms with Gasteiger partial charge in [0, 0.05) is 5.88 Å². The molecular weight excluding hydrogens is 588 g/mol. The number of halogens is 1. The van der Waals surface area contributed by atoms with Crippen molar-refractivity contribution in [3.63, 3.8) is 0 Å². The van der Waals surface area contributed by atoms with Gasteiger partial charge in [-0.15, -0.1) is 11.6 Å². The third-order valence-electron chi connectivity index (χ3n) is 7.07. The molecule has 0 saturated carbocycles. The molecule has 0 spiro atoms. The van der Waals surface area contributed by atoms with E-state index >= 15 is 0 Å². The number of nitrogens with zero attached hydrogens (tertiary/aromatic N) is 2. The Bertz CT molecular complexity index is 1480. The monoisotopic (exact) mass is 620 g/mol. The van der Waals surface area contributed by atoms with Crippen molar-refractivity contribution in [2.45, 2.75) is 37.1 Å². The maximum atomic E-state index is 13.2. The fourth-order valence-electron chi connectivity index (χ4n) is 4.81.